The third-order valence-electron chi connectivity index (χ3n) is 7.75. The molecule has 0 spiro atoms. The van der Waals surface area contributed by atoms with Gasteiger partial charge in [-0.3, -0.25) is 4.98 Å². The molecule has 0 saturated heterocycles. The van der Waals surface area contributed by atoms with E-state index in [9.17, 15) is 5.11 Å². The van der Waals surface area contributed by atoms with E-state index >= 15 is 0 Å². The summed E-state index contributed by atoms with van der Waals surface area (Å²) in [5.41, 5.74) is 6.58. The molecule has 1 saturated carbocycles. The molecular formula is C32H37BrN2O3. The Morgan fingerprint density at radius 2 is 1.87 bits per heavy atom. The lowest BCUT2D eigenvalue weighted by Gasteiger charge is -2.38. The van der Waals surface area contributed by atoms with Gasteiger partial charge in [0.25, 0.3) is 0 Å². The van der Waals surface area contributed by atoms with Crippen LogP contribution in [0.4, 0.5) is 0 Å². The quantitative estimate of drug-likeness (QED) is 0.210. The van der Waals surface area contributed by atoms with Crippen LogP contribution < -0.4 is 0 Å². The molecule has 2 heterocycles. The minimum atomic E-state index is -0.271. The number of halogens is 1. The molecule has 1 aliphatic carbocycles. The van der Waals surface area contributed by atoms with Crippen LogP contribution in [0, 0.1) is 5.41 Å². The zero-order chi connectivity index (χ0) is 26.9. The average Bonchev–Trinajstić information content (AvgIpc) is 3.19. The number of ether oxygens (including phenoxy) is 2. The van der Waals surface area contributed by atoms with Gasteiger partial charge in [-0.15, -0.1) is 0 Å². The Kier molecular flexibility index (Phi) is 8.06. The Balaban J connectivity index is 1.60. The van der Waals surface area contributed by atoms with Crippen molar-refractivity contribution in [1.82, 2.24) is 9.55 Å². The summed E-state index contributed by atoms with van der Waals surface area (Å²) in [6.07, 6.45) is 4.58. The predicted molar refractivity (Wildman–Crippen MR) is 156 cm³/mol. The van der Waals surface area contributed by atoms with Gasteiger partial charge in [0.15, 0.2) is 0 Å². The lowest BCUT2D eigenvalue weighted by atomic mass is 9.84. The molecule has 200 valence electrons. The molecule has 0 bridgehead atoms. The molecule has 0 amide bonds. The first-order chi connectivity index (χ1) is 18.3. The zero-order valence-corrected chi connectivity index (χ0v) is 24.2. The number of aliphatic hydroxyl groups excluding tert-OH is 1. The lowest BCUT2D eigenvalue weighted by Crippen LogP contribution is -2.33. The fraction of sp³-hybridized carbons (Fsp3) is 0.406. The summed E-state index contributed by atoms with van der Waals surface area (Å²) in [4.78, 5) is 4.77. The minimum Gasteiger partial charge on any atom is -0.396 e. The van der Waals surface area contributed by atoms with Crippen molar-refractivity contribution in [3.8, 4) is 11.3 Å². The third-order valence-corrected chi connectivity index (χ3v) is 8.24. The molecule has 0 aliphatic heterocycles. The van der Waals surface area contributed by atoms with E-state index < -0.39 is 0 Å². The number of hydrogen-bond acceptors (Lipinski definition) is 4. The van der Waals surface area contributed by atoms with Crippen molar-refractivity contribution in [1.29, 1.82) is 0 Å². The summed E-state index contributed by atoms with van der Waals surface area (Å²) < 4.78 is 15.6. The van der Waals surface area contributed by atoms with Crippen LogP contribution in [-0.4, -0.2) is 34.5 Å². The van der Waals surface area contributed by atoms with Crippen molar-refractivity contribution < 1.29 is 14.6 Å². The number of nitrogens with zero attached hydrogens (tertiary/aromatic N) is 2. The van der Waals surface area contributed by atoms with E-state index in [1.54, 1.807) is 7.11 Å². The van der Waals surface area contributed by atoms with Gasteiger partial charge in [0, 0.05) is 46.9 Å². The summed E-state index contributed by atoms with van der Waals surface area (Å²) >= 11 is 3.71. The number of methoxy groups -OCH3 is 1. The predicted octanol–water partition coefficient (Wildman–Crippen LogP) is 7.65. The van der Waals surface area contributed by atoms with Gasteiger partial charge < -0.3 is 19.1 Å². The number of rotatable bonds is 10. The van der Waals surface area contributed by atoms with E-state index in [2.05, 4.69) is 82.9 Å². The van der Waals surface area contributed by atoms with Crippen LogP contribution in [0.25, 0.3) is 22.2 Å². The Labute approximate surface area is 233 Å². The molecule has 1 N–H and O–H groups in total. The molecule has 1 aliphatic rings. The Hall–Kier alpha value is -2.51. The van der Waals surface area contributed by atoms with Crippen LogP contribution in [0.3, 0.4) is 0 Å². The number of benzene rings is 2. The molecule has 0 radical (unpaired) electrons. The standard InChI is InChI=1S/C32H37BrN2O3/c1-21(37-4)30-26(11-8-14-34-30)31-28(18-32(2,3)20-36)27-15-23(33)12-13-29(27)35(31)24-16-25(17-24)38-19-22-9-6-5-7-10-22/h5-15,21,24-25,36H,16-20H2,1-4H3/t21-,24?,25?/m0/s1. The van der Waals surface area contributed by atoms with Crippen molar-refractivity contribution in [2.45, 2.75) is 64.9 Å². The maximum atomic E-state index is 10.2. The van der Waals surface area contributed by atoms with E-state index in [4.69, 9.17) is 14.5 Å². The smallest absolute Gasteiger partial charge is 0.0969 e. The van der Waals surface area contributed by atoms with Crippen LogP contribution in [-0.2, 0) is 22.5 Å². The largest absolute Gasteiger partial charge is 0.396 e. The van der Waals surface area contributed by atoms with Gasteiger partial charge in [0.2, 0.25) is 0 Å². The molecule has 4 aromatic rings. The summed E-state index contributed by atoms with van der Waals surface area (Å²) in [5.74, 6) is 0. The van der Waals surface area contributed by atoms with E-state index in [0.717, 1.165) is 35.0 Å². The van der Waals surface area contributed by atoms with Crippen molar-refractivity contribution >= 4 is 26.8 Å². The molecule has 1 fully saturated rings. The van der Waals surface area contributed by atoms with Crippen LogP contribution in [0.1, 0.15) is 62.6 Å². The van der Waals surface area contributed by atoms with Crippen molar-refractivity contribution in [2.75, 3.05) is 13.7 Å². The maximum absolute atomic E-state index is 10.2. The van der Waals surface area contributed by atoms with Crippen molar-refractivity contribution in [3.05, 3.63) is 88.2 Å². The second kappa shape index (κ2) is 11.3. The van der Waals surface area contributed by atoms with Crippen LogP contribution >= 0.6 is 15.9 Å². The van der Waals surface area contributed by atoms with Crippen LogP contribution in [0.15, 0.2) is 71.3 Å². The van der Waals surface area contributed by atoms with Crippen molar-refractivity contribution in [2.24, 2.45) is 5.41 Å². The average molecular weight is 578 g/mol. The molecule has 2 aromatic carbocycles. The molecule has 38 heavy (non-hydrogen) atoms. The molecule has 0 unspecified atom stereocenters. The highest BCUT2D eigenvalue weighted by atomic mass is 79.9. The molecule has 1 atom stereocenters. The highest BCUT2D eigenvalue weighted by molar-refractivity contribution is 9.10. The first kappa shape index (κ1) is 27.1. The lowest BCUT2D eigenvalue weighted by molar-refractivity contribution is -0.0344. The Morgan fingerprint density at radius 1 is 1.11 bits per heavy atom. The van der Waals surface area contributed by atoms with Gasteiger partial charge in [-0.25, -0.2) is 0 Å². The number of fused-ring (bicyclic) bond motifs is 1. The SMILES string of the molecule is CO[C@@H](C)c1ncccc1-c1c(CC(C)(C)CO)c2cc(Br)ccc2n1C1CC(OCc2ccccc2)C1. The van der Waals surface area contributed by atoms with Gasteiger partial charge in [0.1, 0.15) is 0 Å². The van der Waals surface area contributed by atoms with Gasteiger partial charge in [-0.05, 0) is 73.1 Å². The first-order valence-corrected chi connectivity index (χ1v) is 14.2. The van der Waals surface area contributed by atoms with Gasteiger partial charge in [-0.2, -0.15) is 0 Å². The highest BCUT2D eigenvalue weighted by Gasteiger charge is 2.36. The normalized spacial score (nSPS) is 18.5. The monoisotopic (exact) mass is 576 g/mol. The van der Waals surface area contributed by atoms with E-state index in [1.807, 2.05) is 25.3 Å². The summed E-state index contributed by atoms with van der Waals surface area (Å²) in [7, 11) is 1.73. The Morgan fingerprint density at radius 3 is 2.58 bits per heavy atom. The van der Waals surface area contributed by atoms with Gasteiger partial charge >= 0.3 is 0 Å². The second-order valence-electron chi connectivity index (χ2n) is 11.2. The fourth-order valence-corrected chi connectivity index (χ4v) is 5.83. The van der Waals surface area contributed by atoms with E-state index in [-0.39, 0.29) is 24.2 Å². The van der Waals surface area contributed by atoms with E-state index in [1.165, 1.54) is 27.7 Å². The molecule has 5 rings (SSSR count). The second-order valence-corrected chi connectivity index (χ2v) is 12.1. The molecule has 2 aromatic heterocycles. The Bertz CT molecular complexity index is 1390. The third kappa shape index (κ3) is 5.46. The van der Waals surface area contributed by atoms with Gasteiger partial charge in [-0.1, -0.05) is 60.1 Å². The van der Waals surface area contributed by atoms with Gasteiger partial charge in [0.05, 0.1) is 30.2 Å². The van der Waals surface area contributed by atoms with E-state index in [0.29, 0.717) is 12.6 Å². The zero-order valence-electron chi connectivity index (χ0n) is 22.7. The minimum absolute atomic E-state index is 0.111. The number of aromatic nitrogens is 2. The maximum Gasteiger partial charge on any atom is 0.0969 e. The molecule has 5 nitrogen and oxygen atoms in total. The van der Waals surface area contributed by atoms with Crippen LogP contribution in [0.2, 0.25) is 0 Å². The summed E-state index contributed by atoms with van der Waals surface area (Å²) in [5, 5.41) is 11.4. The highest BCUT2D eigenvalue weighted by Crippen LogP contribution is 2.47. The van der Waals surface area contributed by atoms with Crippen molar-refractivity contribution in [3.63, 3.8) is 0 Å². The number of hydrogen-bond donors (Lipinski definition) is 1. The number of pyridine rings is 1. The molecular weight excluding hydrogens is 540 g/mol. The number of aliphatic hydroxyl groups is 1. The van der Waals surface area contributed by atoms with Crippen LogP contribution in [0.5, 0.6) is 0 Å². The fourth-order valence-electron chi connectivity index (χ4n) is 5.46. The first-order valence-electron chi connectivity index (χ1n) is 13.4. The summed E-state index contributed by atoms with van der Waals surface area (Å²) in [6.45, 7) is 7.04. The topological polar surface area (TPSA) is 56.5 Å². The summed E-state index contributed by atoms with van der Waals surface area (Å²) in [6, 6.07) is 21.4. The molecule has 6 heteroatoms.